The van der Waals surface area contributed by atoms with Crippen molar-refractivity contribution in [2.75, 3.05) is 0 Å². The van der Waals surface area contributed by atoms with Gasteiger partial charge in [-0.05, 0) is 18.6 Å². The van der Waals surface area contributed by atoms with Crippen LogP contribution in [0.4, 0.5) is 0 Å². The third-order valence-corrected chi connectivity index (χ3v) is 3.19. The highest BCUT2D eigenvalue weighted by Crippen LogP contribution is 2.18. The van der Waals surface area contributed by atoms with E-state index >= 15 is 0 Å². The standard InChI is InChI=1S/C17H22O4/c1-12(13(2)20-14(3)18)17(21-15(4)19)11-10-16-8-6-5-7-9-16/h5-13,17H,1-4H3/b11-10+. The first kappa shape index (κ1) is 17.0. The number of ether oxygens (including phenoxy) is 2. The topological polar surface area (TPSA) is 52.6 Å². The first-order valence-electron chi connectivity index (χ1n) is 6.98. The second-order valence-corrected chi connectivity index (χ2v) is 5.02. The van der Waals surface area contributed by atoms with Gasteiger partial charge < -0.3 is 9.47 Å². The molecule has 1 aromatic carbocycles. The molecule has 0 amide bonds. The van der Waals surface area contributed by atoms with Crippen LogP contribution in [0.5, 0.6) is 0 Å². The van der Waals surface area contributed by atoms with Crippen LogP contribution >= 0.6 is 0 Å². The zero-order valence-electron chi connectivity index (χ0n) is 12.9. The van der Waals surface area contributed by atoms with Crippen LogP contribution in [0.2, 0.25) is 0 Å². The van der Waals surface area contributed by atoms with Crippen molar-refractivity contribution in [1.82, 2.24) is 0 Å². The van der Waals surface area contributed by atoms with Crippen molar-refractivity contribution in [3.63, 3.8) is 0 Å². The lowest BCUT2D eigenvalue weighted by Gasteiger charge is -2.25. The Labute approximate surface area is 125 Å². The third-order valence-electron chi connectivity index (χ3n) is 3.19. The van der Waals surface area contributed by atoms with Gasteiger partial charge in [0.25, 0.3) is 0 Å². The summed E-state index contributed by atoms with van der Waals surface area (Å²) >= 11 is 0. The predicted octanol–water partition coefficient (Wildman–Crippen LogP) is 3.22. The Bertz CT molecular complexity index is 493. The molecular formula is C17H22O4. The van der Waals surface area contributed by atoms with Crippen molar-refractivity contribution in [2.24, 2.45) is 5.92 Å². The van der Waals surface area contributed by atoms with Crippen LogP contribution in [0.15, 0.2) is 36.4 Å². The fraction of sp³-hybridized carbons (Fsp3) is 0.412. The average Bonchev–Trinajstić information content (AvgIpc) is 2.42. The van der Waals surface area contributed by atoms with Gasteiger partial charge >= 0.3 is 11.9 Å². The number of benzene rings is 1. The summed E-state index contributed by atoms with van der Waals surface area (Å²) in [4.78, 5) is 22.3. The molecule has 4 heteroatoms. The van der Waals surface area contributed by atoms with E-state index in [1.165, 1.54) is 13.8 Å². The molecule has 0 spiro atoms. The maximum atomic E-state index is 11.3. The van der Waals surface area contributed by atoms with Gasteiger partial charge in [-0.15, -0.1) is 0 Å². The Morgan fingerprint density at radius 3 is 2.10 bits per heavy atom. The molecule has 0 radical (unpaired) electrons. The molecule has 0 heterocycles. The highest BCUT2D eigenvalue weighted by molar-refractivity contribution is 5.67. The van der Waals surface area contributed by atoms with Crippen molar-refractivity contribution < 1.29 is 19.1 Å². The Balaban J connectivity index is 2.82. The zero-order valence-corrected chi connectivity index (χ0v) is 12.9. The lowest BCUT2D eigenvalue weighted by Crippen LogP contribution is -2.32. The van der Waals surface area contributed by atoms with E-state index in [1.807, 2.05) is 49.4 Å². The van der Waals surface area contributed by atoms with Crippen molar-refractivity contribution >= 4 is 18.0 Å². The zero-order chi connectivity index (χ0) is 15.8. The second-order valence-electron chi connectivity index (χ2n) is 5.02. The van der Waals surface area contributed by atoms with E-state index in [1.54, 1.807) is 6.92 Å². The molecule has 1 rings (SSSR count). The summed E-state index contributed by atoms with van der Waals surface area (Å²) in [6.07, 6.45) is 2.93. The normalized spacial score (nSPS) is 15.2. The van der Waals surface area contributed by atoms with Gasteiger partial charge in [-0.1, -0.05) is 43.3 Å². The summed E-state index contributed by atoms with van der Waals surface area (Å²) < 4.78 is 10.5. The summed E-state index contributed by atoms with van der Waals surface area (Å²) in [5.41, 5.74) is 1.02. The van der Waals surface area contributed by atoms with Gasteiger partial charge in [0.15, 0.2) is 0 Å². The SMILES string of the molecule is CC(=O)OC(C)C(C)C(/C=C/c1ccccc1)OC(C)=O. The summed E-state index contributed by atoms with van der Waals surface area (Å²) in [5.74, 6) is -0.847. The van der Waals surface area contributed by atoms with Crippen LogP contribution < -0.4 is 0 Å². The number of carbonyl (C=O) groups excluding carboxylic acids is 2. The number of hydrogen-bond donors (Lipinski definition) is 0. The first-order chi connectivity index (χ1) is 9.90. The first-order valence-corrected chi connectivity index (χ1v) is 6.98. The third kappa shape index (κ3) is 6.25. The Kier molecular flexibility index (Phi) is 6.66. The van der Waals surface area contributed by atoms with Crippen LogP contribution in [0.3, 0.4) is 0 Å². The second kappa shape index (κ2) is 8.25. The summed E-state index contributed by atoms with van der Waals surface area (Å²) in [6, 6.07) is 9.73. The van der Waals surface area contributed by atoms with Crippen LogP contribution in [0, 0.1) is 5.92 Å². The van der Waals surface area contributed by atoms with Crippen LogP contribution in [-0.2, 0) is 19.1 Å². The summed E-state index contributed by atoms with van der Waals surface area (Å²) in [6.45, 7) is 6.41. The van der Waals surface area contributed by atoms with E-state index in [4.69, 9.17) is 9.47 Å². The van der Waals surface area contributed by atoms with Crippen molar-refractivity contribution in [1.29, 1.82) is 0 Å². The number of rotatable bonds is 6. The molecule has 0 saturated heterocycles. The van der Waals surface area contributed by atoms with Crippen molar-refractivity contribution in [2.45, 2.75) is 39.9 Å². The monoisotopic (exact) mass is 290 g/mol. The van der Waals surface area contributed by atoms with Crippen LogP contribution in [-0.4, -0.2) is 24.1 Å². The van der Waals surface area contributed by atoms with Crippen LogP contribution in [0.1, 0.15) is 33.3 Å². The Morgan fingerprint density at radius 2 is 1.57 bits per heavy atom. The minimum absolute atomic E-state index is 0.141. The van der Waals surface area contributed by atoms with Gasteiger partial charge in [-0.25, -0.2) is 0 Å². The predicted molar refractivity (Wildman–Crippen MR) is 81.4 cm³/mol. The highest BCUT2D eigenvalue weighted by atomic mass is 16.6. The Morgan fingerprint density at radius 1 is 1.00 bits per heavy atom. The fourth-order valence-electron chi connectivity index (χ4n) is 1.92. The van der Waals surface area contributed by atoms with Gasteiger partial charge in [0.1, 0.15) is 12.2 Å². The fourth-order valence-corrected chi connectivity index (χ4v) is 1.92. The molecule has 0 aliphatic rings. The number of carbonyl (C=O) groups is 2. The van der Waals surface area contributed by atoms with Gasteiger partial charge in [0.05, 0.1) is 0 Å². The molecule has 0 N–H and O–H groups in total. The average molecular weight is 290 g/mol. The molecule has 0 aromatic heterocycles. The molecule has 0 fully saturated rings. The summed E-state index contributed by atoms with van der Waals surface area (Å²) in [7, 11) is 0. The van der Waals surface area contributed by atoms with Gasteiger partial charge in [0, 0.05) is 19.8 Å². The van der Waals surface area contributed by atoms with E-state index < -0.39 is 6.10 Å². The Hall–Kier alpha value is -2.10. The molecule has 3 atom stereocenters. The number of hydrogen-bond acceptors (Lipinski definition) is 4. The maximum absolute atomic E-state index is 11.3. The molecule has 3 unspecified atom stereocenters. The largest absolute Gasteiger partial charge is 0.462 e. The summed E-state index contributed by atoms with van der Waals surface area (Å²) in [5, 5.41) is 0. The smallest absolute Gasteiger partial charge is 0.303 e. The molecular weight excluding hydrogens is 268 g/mol. The molecule has 0 bridgehead atoms. The van der Waals surface area contributed by atoms with E-state index in [0.717, 1.165) is 5.56 Å². The van der Waals surface area contributed by atoms with Gasteiger partial charge in [-0.2, -0.15) is 0 Å². The van der Waals surface area contributed by atoms with E-state index in [9.17, 15) is 9.59 Å². The molecule has 21 heavy (non-hydrogen) atoms. The molecule has 4 nitrogen and oxygen atoms in total. The lowest BCUT2D eigenvalue weighted by atomic mass is 9.97. The maximum Gasteiger partial charge on any atom is 0.303 e. The highest BCUT2D eigenvalue weighted by Gasteiger charge is 2.25. The van der Waals surface area contributed by atoms with E-state index in [0.29, 0.717) is 0 Å². The van der Waals surface area contributed by atoms with E-state index in [2.05, 4.69) is 0 Å². The number of esters is 2. The van der Waals surface area contributed by atoms with E-state index in [-0.39, 0.29) is 24.0 Å². The minimum Gasteiger partial charge on any atom is -0.462 e. The van der Waals surface area contributed by atoms with Gasteiger partial charge in [0.2, 0.25) is 0 Å². The molecule has 0 aliphatic heterocycles. The molecule has 114 valence electrons. The van der Waals surface area contributed by atoms with Crippen LogP contribution in [0.25, 0.3) is 6.08 Å². The molecule has 0 saturated carbocycles. The quantitative estimate of drug-likeness (QED) is 0.755. The van der Waals surface area contributed by atoms with Gasteiger partial charge in [-0.3, -0.25) is 9.59 Å². The molecule has 0 aliphatic carbocycles. The van der Waals surface area contributed by atoms with Crippen molar-refractivity contribution in [3.8, 4) is 0 Å². The van der Waals surface area contributed by atoms with Crippen molar-refractivity contribution in [3.05, 3.63) is 42.0 Å². The lowest BCUT2D eigenvalue weighted by molar-refractivity contribution is -0.154. The minimum atomic E-state index is -0.447. The molecule has 1 aromatic rings.